The summed E-state index contributed by atoms with van der Waals surface area (Å²) in [5, 5.41) is 0. The van der Waals surface area contributed by atoms with E-state index >= 15 is 0 Å². The lowest BCUT2D eigenvalue weighted by Gasteiger charge is -2.47. The normalized spacial score (nSPS) is 24.2. The van der Waals surface area contributed by atoms with Crippen LogP contribution in [0.1, 0.15) is 65.0 Å². The summed E-state index contributed by atoms with van der Waals surface area (Å²) in [7, 11) is 0. The highest BCUT2D eigenvalue weighted by Gasteiger charge is 2.64. The van der Waals surface area contributed by atoms with Crippen LogP contribution in [0.3, 0.4) is 0 Å². The molecule has 0 spiro atoms. The van der Waals surface area contributed by atoms with E-state index in [-0.39, 0.29) is 23.1 Å². The number of benzene rings is 4. The summed E-state index contributed by atoms with van der Waals surface area (Å²) >= 11 is 0. The zero-order valence-corrected chi connectivity index (χ0v) is 23.2. The van der Waals surface area contributed by atoms with Gasteiger partial charge >= 0.3 is 0 Å². The maximum atomic E-state index is 2.81. The average Bonchev–Trinajstić information content (AvgIpc) is 3.32. The van der Waals surface area contributed by atoms with Crippen LogP contribution >= 0.6 is 0 Å². The molecule has 2 atom stereocenters. The first-order valence-corrected chi connectivity index (χ1v) is 14.3. The van der Waals surface area contributed by atoms with E-state index in [0.717, 1.165) is 0 Å². The van der Waals surface area contributed by atoms with Crippen LogP contribution in [-0.2, 0) is 10.8 Å². The molecule has 0 aromatic heterocycles. The molecule has 8 rings (SSSR count). The van der Waals surface area contributed by atoms with Gasteiger partial charge in [0.15, 0.2) is 0 Å². The molecule has 3 heterocycles. The van der Waals surface area contributed by atoms with Crippen molar-refractivity contribution >= 4 is 51.5 Å². The predicted molar refractivity (Wildman–Crippen MR) is 163 cm³/mol. The zero-order valence-electron chi connectivity index (χ0n) is 23.2. The first-order valence-electron chi connectivity index (χ1n) is 14.3. The Morgan fingerprint density at radius 3 is 2.08 bits per heavy atom. The average molecular weight is 494 g/mol. The van der Waals surface area contributed by atoms with E-state index in [1.807, 2.05) is 0 Å². The Hall–Kier alpha value is -3.46. The fourth-order valence-electron chi connectivity index (χ4n) is 8.57. The molecular weight excluding hydrogens is 459 g/mol. The maximum Gasteiger partial charge on any atom is 0.252 e. The van der Waals surface area contributed by atoms with Crippen molar-refractivity contribution in [3.63, 3.8) is 0 Å². The van der Waals surface area contributed by atoms with Crippen molar-refractivity contribution in [3.05, 3.63) is 96.1 Å². The van der Waals surface area contributed by atoms with Crippen molar-refractivity contribution in [3.8, 4) is 0 Å². The van der Waals surface area contributed by atoms with Gasteiger partial charge in [0.2, 0.25) is 0 Å². The topological polar surface area (TPSA) is 6.48 Å². The molecule has 1 aliphatic carbocycles. The number of para-hydroxylation sites is 3. The largest absolute Gasteiger partial charge is 0.335 e. The smallest absolute Gasteiger partial charge is 0.252 e. The third-order valence-corrected chi connectivity index (χ3v) is 10.4. The van der Waals surface area contributed by atoms with Crippen molar-refractivity contribution in [2.24, 2.45) is 0 Å². The van der Waals surface area contributed by atoms with Crippen molar-refractivity contribution in [1.82, 2.24) is 0 Å². The first-order chi connectivity index (χ1) is 18.3. The van der Waals surface area contributed by atoms with Crippen LogP contribution in [0.25, 0.3) is 0 Å². The van der Waals surface area contributed by atoms with Crippen LogP contribution in [-0.4, -0.2) is 12.3 Å². The van der Waals surface area contributed by atoms with Gasteiger partial charge in [-0.2, -0.15) is 0 Å². The molecule has 0 radical (unpaired) electrons. The lowest BCUT2D eigenvalue weighted by molar-refractivity contribution is 0.326. The van der Waals surface area contributed by atoms with Crippen molar-refractivity contribution < 1.29 is 0 Å². The zero-order chi connectivity index (χ0) is 26.0. The van der Waals surface area contributed by atoms with E-state index < -0.39 is 0 Å². The summed E-state index contributed by atoms with van der Waals surface area (Å²) in [6, 6.07) is 32.0. The molecule has 3 aliphatic heterocycles. The highest BCUT2D eigenvalue weighted by atomic mass is 15.3. The Bertz CT molecular complexity index is 1630. The third kappa shape index (κ3) is 2.51. The fourth-order valence-corrected chi connectivity index (χ4v) is 8.57. The monoisotopic (exact) mass is 494 g/mol. The Morgan fingerprint density at radius 1 is 0.737 bits per heavy atom. The summed E-state index contributed by atoms with van der Waals surface area (Å²) in [4.78, 5) is 5.36. The van der Waals surface area contributed by atoms with Crippen molar-refractivity contribution in [2.45, 2.75) is 70.3 Å². The quantitative estimate of drug-likeness (QED) is 0.233. The molecule has 3 heteroatoms. The van der Waals surface area contributed by atoms with Crippen LogP contribution in [0.4, 0.5) is 28.4 Å². The van der Waals surface area contributed by atoms with Gasteiger partial charge in [-0.1, -0.05) is 88.7 Å². The van der Waals surface area contributed by atoms with Gasteiger partial charge in [0, 0.05) is 33.9 Å². The van der Waals surface area contributed by atoms with E-state index in [4.69, 9.17) is 0 Å². The highest BCUT2D eigenvalue weighted by molar-refractivity contribution is 7.00. The molecule has 0 amide bonds. The van der Waals surface area contributed by atoms with Gasteiger partial charge in [-0.15, -0.1) is 0 Å². The molecule has 2 nitrogen and oxygen atoms in total. The Balaban J connectivity index is 1.58. The lowest BCUT2D eigenvalue weighted by Crippen LogP contribution is -2.63. The van der Waals surface area contributed by atoms with Crippen LogP contribution < -0.4 is 26.2 Å². The second kappa shape index (κ2) is 7.14. The molecule has 1 fully saturated rings. The number of rotatable bonds is 1. The molecule has 1 saturated carbocycles. The summed E-state index contributed by atoms with van der Waals surface area (Å²) in [6.45, 7) is 12.6. The van der Waals surface area contributed by atoms with Crippen LogP contribution in [0, 0.1) is 0 Å². The third-order valence-electron chi connectivity index (χ3n) is 10.4. The van der Waals surface area contributed by atoms with E-state index in [0.29, 0.717) is 0 Å². The van der Waals surface area contributed by atoms with Gasteiger partial charge in [0.25, 0.3) is 6.71 Å². The summed E-state index contributed by atoms with van der Waals surface area (Å²) in [6.07, 6.45) is 3.77. The van der Waals surface area contributed by atoms with Gasteiger partial charge in [-0.25, -0.2) is 0 Å². The molecule has 0 bridgehead atoms. The predicted octanol–water partition coefficient (Wildman–Crippen LogP) is 6.95. The molecule has 0 saturated heterocycles. The minimum atomic E-state index is 0.0369. The second-order valence-corrected chi connectivity index (χ2v) is 13.3. The molecular formula is C35H35BN2. The fraction of sp³-hybridized carbons (Fsp3) is 0.314. The van der Waals surface area contributed by atoms with Crippen LogP contribution in [0.15, 0.2) is 84.9 Å². The van der Waals surface area contributed by atoms with E-state index in [1.165, 1.54) is 69.7 Å². The Kier molecular flexibility index (Phi) is 4.23. The number of anilines is 5. The molecule has 38 heavy (non-hydrogen) atoms. The van der Waals surface area contributed by atoms with Crippen molar-refractivity contribution in [2.75, 3.05) is 9.80 Å². The molecule has 2 unspecified atom stereocenters. The lowest BCUT2D eigenvalue weighted by atomic mass is 9.33. The first kappa shape index (κ1) is 22.5. The van der Waals surface area contributed by atoms with Crippen LogP contribution in [0.5, 0.6) is 0 Å². The standard InChI is InChI=1S/C35H35BN2/c1-33(2,3)24-22-29-31-32-30(24)34(4)20-13-21-35(34,5)38(32)28-19-12-10-17-26(28)36(31)25-16-9-11-18-27(25)37(29)23-14-7-6-8-15-23/h6-12,14-19,22H,13,20-21H2,1-5H3. The molecule has 0 N–H and O–H groups in total. The molecule has 4 aromatic rings. The Morgan fingerprint density at radius 2 is 1.37 bits per heavy atom. The van der Waals surface area contributed by atoms with Crippen molar-refractivity contribution in [1.29, 1.82) is 0 Å². The minimum Gasteiger partial charge on any atom is -0.335 e. The minimum absolute atomic E-state index is 0.0369. The van der Waals surface area contributed by atoms with Gasteiger partial charge in [-0.3, -0.25) is 0 Å². The second-order valence-electron chi connectivity index (χ2n) is 13.3. The molecule has 4 aliphatic rings. The number of nitrogens with zero attached hydrogens (tertiary/aromatic N) is 2. The number of hydrogen-bond donors (Lipinski definition) is 0. The summed E-state index contributed by atoms with van der Waals surface area (Å²) < 4.78 is 0. The molecule has 4 aromatic carbocycles. The summed E-state index contributed by atoms with van der Waals surface area (Å²) in [5.41, 5.74) is 14.6. The van der Waals surface area contributed by atoms with Gasteiger partial charge in [0.05, 0.1) is 5.54 Å². The van der Waals surface area contributed by atoms with Gasteiger partial charge in [-0.05, 0) is 83.0 Å². The Labute approximate surface area is 227 Å². The maximum absolute atomic E-state index is 2.81. The number of fused-ring (bicyclic) bond motifs is 8. The van der Waals surface area contributed by atoms with E-state index in [1.54, 1.807) is 5.56 Å². The molecule has 188 valence electrons. The SMILES string of the molecule is CC(C)(C)c1cc2c3c4c1C1(C)CCCC1(C)N4c1ccccc1B3c1ccccc1N2c1ccccc1. The van der Waals surface area contributed by atoms with E-state index in [9.17, 15) is 0 Å². The van der Waals surface area contributed by atoms with Gasteiger partial charge < -0.3 is 9.80 Å². The van der Waals surface area contributed by atoms with Crippen LogP contribution in [0.2, 0.25) is 0 Å². The highest BCUT2D eigenvalue weighted by Crippen LogP contribution is 2.65. The van der Waals surface area contributed by atoms with E-state index in [2.05, 4.69) is 129 Å². The summed E-state index contributed by atoms with van der Waals surface area (Å²) in [5.74, 6) is 0. The number of hydrogen-bond acceptors (Lipinski definition) is 2. The van der Waals surface area contributed by atoms with Gasteiger partial charge in [0.1, 0.15) is 0 Å².